The predicted octanol–water partition coefficient (Wildman–Crippen LogP) is 9.75. The third-order valence-electron chi connectivity index (χ3n) is 7.83. The molecule has 4 nitrogen and oxygen atoms in total. The topological polar surface area (TPSA) is 59.2 Å². The Kier molecular flexibility index (Phi) is 6.57. The van der Waals surface area contributed by atoms with Gasteiger partial charge >= 0.3 is 0 Å². The molecule has 0 aliphatic rings. The van der Waals surface area contributed by atoms with Crippen molar-refractivity contribution in [2.75, 3.05) is 0 Å². The maximum Gasteiger partial charge on any atom is 0.231 e. The van der Waals surface area contributed by atoms with Crippen LogP contribution in [0.4, 0.5) is 0 Å². The molecule has 0 aliphatic carbocycles. The van der Waals surface area contributed by atoms with Crippen molar-refractivity contribution < 1.29 is 9.52 Å². The summed E-state index contributed by atoms with van der Waals surface area (Å²) >= 11 is 0. The van der Waals surface area contributed by atoms with Gasteiger partial charge in [-0.15, -0.1) is 0 Å². The second-order valence-corrected chi connectivity index (χ2v) is 10.4. The Labute approximate surface area is 244 Å². The number of hydrogen-bond acceptors (Lipinski definition) is 4. The van der Waals surface area contributed by atoms with Crippen molar-refractivity contribution in [3.8, 4) is 50.7 Å². The molecule has 2 aromatic heterocycles. The minimum atomic E-state index is 0.135. The number of benzene rings is 5. The number of hydrogen-bond donors (Lipinski definition) is 1. The first-order valence-corrected chi connectivity index (χ1v) is 14.0. The molecule has 0 aliphatic heterocycles. The number of oxazole rings is 1. The highest BCUT2D eigenvalue weighted by Gasteiger charge is 2.20. The number of rotatable bonds is 6. The van der Waals surface area contributed by atoms with Crippen LogP contribution in [0.25, 0.3) is 56.1 Å². The van der Waals surface area contributed by atoms with E-state index < -0.39 is 0 Å². The quantitative estimate of drug-likeness (QED) is 0.226. The Bertz CT molecular complexity index is 2010. The molecular formula is C38H28N2O2. The summed E-state index contributed by atoms with van der Waals surface area (Å²) in [4.78, 5) is 9.66. The van der Waals surface area contributed by atoms with E-state index in [0.29, 0.717) is 17.0 Å². The molecule has 202 valence electrons. The van der Waals surface area contributed by atoms with E-state index in [-0.39, 0.29) is 11.7 Å². The number of para-hydroxylation sites is 2. The van der Waals surface area contributed by atoms with Gasteiger partial charge in [0.1, 0.15) is 11.3 Å². The smallest absolute Gasteiger partial charge is 0.231 e. The van der Waals surface area contributed by atoms with Crippen molar-refractivity contribution in [3.05, 3.63) is 151 Å². The third kappa shape index (κ3) is 4.73. The molecule has 0 amide bonds. The van der Waals surface area contributed by atoms with Crippen LogP contribution in [0.3, 0.4) is 0 Å². The zero-order valence-corrected chi connectivity index (χ0v) is 23.1. The number of pyridine rings is 1. The molecule has 2 heterocycles. The van der Waals surface area contributed by atoms with Crippen molar-refractivity contribution in [1.82, 2.24) is 9.97 Å². The summed E-state index contributed by atoms with van der Waals surface area (Å²) in [5.74, 6) is 0.663. The maximum atomic E-state index is 10.5. The molecule has 1 N–H and O–H groups in total. The first kappa shape index (κ1) is 25.5. The molecule has 7 rings (SSSR count). The summed E-state index contributed by atoms with van der Waals surface area (Å²) in [5, 5.41) is 10.5. The highest BCUT2D eigenvalue weighted by molar-refractivity contribution is 5.94. The van der Waals surface area contributed by atoms with Gasteiger partial charge in [0, 0.05) is 23.2 Å². The normalized spacial score (nSPS) is 11.9. The second-order valence-electron chi connectivity index (χ2n) is 10.4. The van der Waals surface area contributed by atoms with E-state index in [4.69, 9.17) is 14.4 Å². The van der Waals surface area contributed by atoms with Gasteiger partial charge in [-0.3, -0.25) is 4.98 Å². The molecule has 0 radical (unpaired) electrons. The number of fused-ring (bicyclic) bond motifs is 1. The van der Waals surface area contributed by atoms with Crippen LogP contribution in [0.15, 0.2) is 144 Å². The fourth-order valence-electron chi connectivity index (χ4n) is 5.58. The largest absolute Gasteiger partial charge is 0.507 e. The summed E-state index contributed by atoms with van der Waals surface area (Å²) in [6, 6.07) is 44.8. The van der Waals surface area contributed by atoms with Gasteiger partial charge in [-0.05, 0) is 64.2 Å². The zero-order valence-electron chi connectivity index (χ0n) is 23.1. The Morgan fingerprint density at radius 2 is 1.36 bits per heavy atom. The summed E-state index contributed by atoms with van der Waals surface area (Å²) < 4.78 is 6.18. The zero-order chi connectivity index (χ0) is 28.5. The monoisotopic (exact) mass is 544 g/mol. The van der Waals surface area contributed by atoms with Crippen molar-refractivity contribution >= 4 is 11.1 Å². The second kappa shape index (κ2) is 10.8. The van der Waals surface area contributed by atoms with E-state index in [1.807, 2.05) is 48.7 Å². The minimum absolute atomic E-state index is 0.135. The molecule has 0 spiro atoms. The molecule has 5 aromatic carbocycles. The Balaban J connectivity index is 1.41. The lowest BCUT2D eigenvalue weighted by Crippen LogP contribution is -2.00. The average molecular weight is 545 g/mol. The molecule has 1 unspecified atom stereocenters. The number of phenolic OH excluding ortho intramolecular Hbond substituents is 1. The van der Waals surface area contributed by atoms with Gasteiger partial charge < -0.3 is 9.52 Å². The Hall–Kier alpha value is -5.48. The van der Waals surface area contributed by atoms with E-state index in [9.17, 15) is 5.11 Å². The molecule has 0 fully saturated rings. The lowest BCUT2D eigenvalue weighted by atomic mass is 9.85. The lowest BCUT2D eigenvalue weighted by Gasteiger charge is -2.19. The maximum absolute atomic E-state index is 10.5. The average Bonchev–Trinajstić information content (AvgIpc) is 3.50. The number of aromatic nitrogens is 2. The number of nitrogens with zero attached hydrogens (tertiary/aromatic N) is 2. The van der Waals surface area contributed by atoms with Gasteiger partial charge in [0.25, 0.3) is 0 Å². The van der Waals surface area contributed by atoms with Crippen LogP contribution in [0.2, 0.25) is 0 Å². The van der Waals surface area contributed by atoms with Crippen molar-refractivity contribution in [2.24, 2.45) is 0 Å². The van der Waals surface area contributed by atoms with Crippen LogP contribution in [-0.2, 0) is 0 Å². The molecule has 0 bridgehead atoms. The van der Waals surface area contributed by atoms with Gasteiger partial charge in [-0.2, -0.15) is 0 Å². The fraction of sp³-hybridized carbons (Fsp3) is 0.0526. The minimum Gasteiger partial charge on any atom is -0.507 e. The van der Waals surface area contributed by atoms with Crippen LogP contribution in [0.5, 0.6) is 5.75 Å². The molecular weight excluding hydrogens is 516 g/mol. The molecule has 42 heavy (non-hydrogen) atoms. The highest BCUT2D eigenvalue weighted by Crippen LogP contribution is 2.40. The van der Waals surface area contributed by atoms with Gasteiger partial charge in [0.2, 0.25) is 5.89 Å². The number of phenols is 1. The van der Waals surface area contributed by atoms with E-state index in [0.717, 1.165) is 39.0 Å². The SMILES string of the molecule is CC(c1ccccc1)c1ccc(-c2cc(-c3ccccc3)ccn2)cc1-c1cccc2oc(-c3ccccc3O)nc12. The Morgan fingerprint density at radius 3 is 2.17 bits per heavy atom. The van der Waals surface area contributed by atoms with E-state index >= 15 is 0 Å². The highest BCUT2D eigenvalue weighted by atomic mass is 16.3. The third-order valence-corrected chi connectivity index (χ3v) is 7.83. The van der Waals surface area contributed by atoms with Crippen molar-refractivity contribution in [2.45, 2.75) is 12.8 Å². The van der Waals surface area contributed by atoms with Crippen LogP contribution >= 0.6 is 0 Å². The summed E-state index contributed by atoms with van der Waals surface area (Å²) in [7, 11) is 0. The molecule has 0 saturated heterocycles. The first-order valence-electron chi connectivity index (χ1n) is 14.0. The summed E-state index contributed by atoms with van der Waals surface area (Å²) in [5.41, 5.74) is 10.6. The van der Waals surface area contributed by atoms with Crippen LogP contribution < -0.4 is 0 Å². The fourth-order valence-corrected chi connectivity index (χ4v) is 5.58. The van der Waals surface area contributed by atoms with Crippen LogP contribution in [0, 0.1) is 0 Å². The van der Waals surface area contributed by atoms with Crippen LogP contribution in [-0.4, -0.2) is 15.1 Å². The van der Waals surface area contributed by atoms with Crippen molar-refractivity contribution in [1.29, 1.82) is 0 Å². The first-order chi connectivity index (χ1) is 20.7. The van der Waals surface area contributed by atoms with E-state index in [2.05, 4.69) is 85.8 Å². The van der Waals surface area contributed by atoms with Crippen molar-refractivity contribution in [3.63, 3.8) is 0 Å². The number of aromatic hydroxyl groups is 1. The van der Waals surface area contributed by atoms with Crippen LogP contribution in [0.1, 0.15) is 24.0 Å². The lowest BCUT2D eigenvalue weighted by molar-refractivity contribution is 0.474. The summed E-state index contributed by atoms with van der Waals surface area (Å²) in [6.07, 6.45) is 1.87. The van der Waals surface area contributed by atoms with Gasteiger partial charge in [-0.25, -0.2) is 4.98 Å². The predicted molar refractivity (Wildman–Crippen MR) is 169 cm³/mol. The molecule has 1 atom stereocenters. The van der Waals surface area contributed by atoms with Gasteiger partial charge in [-0.1, -0.05) is 104 Å². The molecule has 7 aromatic rings. The van der Waals surface area contributed by atoms with E-state index in [1.165, 1.54) is 11.1 Å². The Morgan fingerprint density at radius 1 is 0.619 bits per heavy atom. The standard InChI is InChI=1S/C38H28N2O2/c1-25(26-11-4-2-5-12-26)30-20-19-29(34-24-28(21-22-39-34)27-13-6-3-7-14-27)23-33(30)31-16-10-18-36-37(31)40-38(42-36)32-15-8-9-17-35(32)41/h2-25,41H,1H3. The van der Waals surface area contributed by atoms with Gasteiger partial charge in [0.15, 0.2) is 5.58 Å². The molecule has 4 heteroatoms. The van der Waals surface area contributed by atoms with E-state index in [1.54, 1.807) is 12.1 Å². The van der Waals surface area contributed by atoms with Gasteiger partial charge in [0.05, 0.1) is 11.3 Å². The summed E-state index contributed by atoms with van der Waals surface area (Å²) in [6.45, 7) is 2.23. The molecule has 0 saturated carbocycles.